The lowest BCUT2D eigenvalue weighted by Gasteiger charge is -2.10. The minimum absolute atomic E-state index is 0.101. The Bertz CT molecular complexity index is 217. The fourth-order valence-corrected chi connectivity index (χ4v) is 1.38. The summed E-state index contributed by atoms with van der Waals surface area (Å²) in [4.78, 5) is 23.4. The number of likely N-dealkylation sites (tertiary alicyclic amines) is 1. The molecule has 0 aromatic carbocycles. The number of nitrogens with one attached hydrogen (secondary N) is 1. The molecule has 1 saturated heterocycles. The van der Waals surface area contributed by atoms with Gasteiger partial charge in [-0.25, -0.2) is 0 Å². The van der Waals surface area contributed by atoms with Crippen LogP contribution >= 0.6 is 0 Å². The maximum Gasteiger partial charge on any atom is 0.239 e. The highest BCUT2D eigenvalue weighted by molar-refractivity contribution is 5.83. The van der Waals surface area contributed by atoms with Crippen molar-refractivity contribution in [1.82, 2.24) is 10.2 Å². The van der Waals surface area contributed by atoms with E-state index in [4.69, 9.17) is 5.73 Å². The molecule has 74 valence electrons. The fourth-order valence-electron chi connectivity index (χ4n) is 1.38. The highest BCUT2D eigenvalue weighted by Crippen LogP contribution is 2.07. The molecule has 0 radical (unpaired) electrons. The number of likely N-dealkylation sites (N-methyl/N-ethyl adjacent to an activating group) is 1. The summed E-state index contributed by atoms with van der Waals surface area (Å²) in [5.41, 5.74) is 4.96. The summed E-state index contributed by atoms with van der Waals surface area (Å²) < 4.78 is 0. The van der Waals surface area contributed by atoms with Gasteiger partial charge in [0.05, 0.1) is 6.04 Å². The van der Waals surface area contributed by atoms with Crippen LogP contribution < -0.4 is 11.1 Å². The second-order valence-corrected chi connectivity index (χ2v) is 3.27. The lowest BCUT2D eigenvalue weighted by Crippen LogP contribution is -2.38. The van der Waals surface area contributed by atoms with E-state index in [0.717, 1.165) is 13.0 Å². The molecule has 2 amide bonds. The van der Waals surface area contributed by atoms with E-state index in [0.29, 0.717) is 6.54 Å². The predicted molar refractivity (Wildman–Crippen MR) is 47.9 cm³/mol. The molecular formula is C8H15N3O2. The van der Waals surface area contributed by atoms with Gasteiger partial charge >= 0.3 is 0 Å². The predicted octanol–water partition coefficient (Wildman–Crippen LogP) is -1.32. The van der Waals surface area contributed by atoms with Crippen molar-refractivity contribution in [3.63, 3.8) is 0 Å². The largest absolute Gasteiger partial charge is 0.370 e. The molecule has 1 heterocycles. The first-order valence-electron chi connectivity index (χ1n) is 4.38. The van der Waals surface area contributed by atoms with E-state index in [1.165, 1.54) is 0 Å². The van der Waals surface area contributed by atoms with Gasteiger partial charge in [-0.3, -0.25) is 9.59 Å². The average molecular weight is 185 g/mol. The molecule has 1 rings (SSSR count). The molecule has 1 unspecified atom stereocenters. The van der Waals surface area contributed by atoms with Crippen LogP contribution in [0.1, 0.15) is 12.8 Å². The van der Waals surface area contributed by atoms with E-state index < -0.39 is 0 Å². The Hall–Kier alpha value is -1.10. The number of primary amides is 1. The number of carbonyl (C=O) groups is 2. The summed E-state index contributed by atoms with van der Waals surface area (Å²) in [6.07, 6.45) is 1.10. The van der Waals surface area contributed by atoms with Gasteiger partial charge in [0.25, 0.3) is 0 Å². The Labute approximate surface area is 77.3 Å². The summed E-state index contributed by atoms with van der Waals surface area (Å²) in [7, 11) is 1.78. The number of hydrogen-bond acceptors (Lipinski definition) is 3. The van der Waals surface area contributed by atoms with Crippen molar-refractivity contribution in [2.75, 3.05) is 20.1 Å². The highest BCUT2D eigenvalue weighted by atomic mass is 16.2. The monoisotopic (exact) mass is 185 g/mol. The molecule has 0 spiro atoms. The van der Waals surface area contributed by atoms with Crippen molar-refractivity contribution < 1.29 is 9.59 Å². The Morgan fingerprint density at radius 2 is 2.46 bits per heavy atom. The van der Waals surface area contributed by atoms with Crippen molar-refractivity contribution in [3.05, 3.63) is 0 Å². The molecule has 0 aromatic heterocycles. The molecule has 0 bridgehead atoms. The van der Waals surface area contributed by atoms with E-state index in [1.807, 2.05) is 0 Å². The average Bonchev–Trinajstić information content (AvgIpc) is 2.35. The van der Waals surface area contributed by atoms with Gasteiger partial charge in [0.1, 0.15) is 0 Å². The van der Waals surface area contributed by atoms with Crippen LogP contribution in [0.25, 0.3) is 0 Å². The van der Waals surface area contributed by atoms with Crippen molar-refractivity contribution >= 4 is 11.8 Å². The first-order valence-corrected chi connectivity index (χ1v) is 4.38. The summed E-state index contributed by atoms with van der Waals surface area (Å²) >= 11 is 0. The zero-order chi connectivity index (χ0) is 9.84. The van der Waals surface area contributed by atoms with Crippen LogP contribution in [0.5, 0.6) is 0 Å². The van der Waals surface area contributed by atoms with Crippen LogP contribution in [-0.4, -0.2) is 42.9 Å². The molecule has 0 aromatic rings. The molecule has 13 heavy (non-hydrogen) atoms. The molecule has 1 aliphatic rings. The molecule has 5 heteroatoms. The zero-order valence-electron chi connectivity index (χ0n) is 7.75. The normalized spacial score (nSPS) is 22.4. The minimum atomic E-state index is -0.341. The third-order valence-electron chi connectivity index (χ3n) is 2.19. The SMILES string of the molecule is CN1CCC(NCCC(N)=O)C1=O. The Balaban J connectivity index is 2.23. The van der Waals surface area contributed by atoms with Crippen LogP contribution in [0.3, 0.4) is 0 Å². The molecule has 5 nitrogen and oxygen atoms in total. The first kappa shape index (κ1) is 9.98. The lowest BCUT2D eigenvalue weighted by molar-refractivity contribution is -0.128. The maximum absolute atomic E-state index is 11.3. The van der Waals surface area contributed by atoms with Gasteiger partial charge in [-0.2, -0.15) is 0 Å². The fraction of sp³-hybridized carbons (Fsp3) is 0.750. The smallest absolute Gasteiger partial charge is 0.239 e. The van der Waals surface area contributed by atoms with E-state index in [1.54, 1.807) is 11.9 Å². The van der Waals surface area contributed by atoms with Crippen molar-refractivity contribution in [2.24, 2.45) is 5.73 Å². The molecule has 1 fully saturated rings. The van der Waals surface area contributed by atoms with Crippen molar-refractivity contribution in [1.29, 1.82) is 0 Å². The Morgan fingerprint density at radius 3 is 2.92 bits per heavy atom. The molecule has 1 atom stereocenters. The molecule has 0 saturated carbocycles. The number of nitrogens with two attached hydrogens (primary N) is 1. The van der Waals surface area contributed by atoms with Crippen LogP contribution in [0, 0.1) is 0 Å². The Morgan fingerprint density at radius 1 is 1.77 bits per heavy atom. The number of amides is 2. The van der Waals surface area contributed by atoms with Crippen LogP contribution in [-0.2, 0) is 9.59 Å². The van der Waals surface area contributed by atoms with Gasteiger partial charge < -0.3 is 16.0 Å². The summed E-state index contributed by atoms with van der Waals surface area (Å²) in [6.45, 7) is 1.27. The molecule has 1 aliphatic heterocycles. The highest BCUT2D eigenvalue weighted by Gasteiger charge is 2.27. The third kappa shape index (κ3) is 2.69. The van der Waals surface area contributed by atoms with Gasteiger partial charge in [0.15, 0.2) is 0 Å². The van der Waals surface area contributed by atoms with Gasteiger partial charge in [-0.15, -0.1) is 0 Å². The third-order valence-corrected chi connectivity index (χ3v) is 2.19. The number of nitrogens with zero attached hydrogens (tertiary/aromatic N) is 1. The van der Waals surface area contributed by atoms with E-state index in [9.17, 15) is 9.59 Å². The van der Waals surface area contributed by atoms with E-state index in [2.05, 4.69) is 5.32 Å². The second-order valence-electron chi connectivity index (χ2n) is 3.27. The topological polar surface area (TPSA) is 75.4 Å². The maximum atomic E-state index is 11.3. The van der Waals surface area contributed by atoms with Gasteiger partial charge in [-0.1, -0.05) is 0 Å². The summed E-state index contributed by atoms with van der Waals surface area (Å²) in [5, 5.41) is 3.00. The molecular weight excluding hydrogens is 170 g/mol. The van der Waals surface area contributed by atoms with Crippen molar-refractivity contribution in [3.8, 4) is 0 Å². The lowest BCUT2D eigenvalue weighted by atomic mass is 10.2. The zero-order valence-corrected chi connectivity index (χ0v) is 7.75. The number of carbonyl (C=O) groups excluding carboxylic acids is 2. The van der Waals surface area contributed by atoms with Crippen LogP contribution in [0.4, 0.5) is 0 Å². The minimum Gasteiger partial charge on any atom is -0.370 e. The van der Waals surface area contributed by atoms with E-state index >= 15 is 0 Å². The standard InChI is InChI=1S/C8H15N3O2/c1-11-5-3-6(8(11)13)10-4-2-7(9)12/h6,10H,2-5H2,1H3,(H2,9,12). The van der Waals surface area contributed by atoms with E-state index in [-0.39, 0.29) is 24.3 Å². The summed E-state index contributed by atoms with van der Waals surface area (Å²) in [6, 6.07) is -0.121. The van der Waals surface area contributed by atoms with Crippen LogP contribution in [0.15, 0.2) is 0 Å². The molecule has 3 N–H and O–H groups in total. The number of hydrogen-bond donors (Lipinski definition) is 2. The summed E-state index contributed by atoms with van der Waals surface area (Å²) in [5.74, 6) is -0.240. The van der Waals surface area contributed by atoms with Gasteiger partial charge in [0.2, 0.25) is 11.8 Å². The van der Waals surface area contributed by atoms with Gasteiger partial charge in [-0.05, 0) is 6.42 Å². The first-order chi connectivity index (χ1) is 6.11. The number of rotatable bonds is 4. The van der Waals surface area contributed by atoms with Crippen molar-refractivity contribution in [2.45, 2.75) is 18.9 Å². The van der Waals surface area contributed by atoms with Gasteiger partial charge in [0, 0.05) is 26.6 Å². The quantitative estimate of drug-likeness (QED) is 0.570. The second kappa shape index (κ2) is 4.23. The molecule has 0 aliphatic carbocycles. The van der Waals surface area contributed by atoms with Crippen LogP contribution in [0.2, 0.25) is 0 Å². The Kier molecular flexibility index (Phi) is 3.25.